The molecular weight excluding hydrogens is 348 g/mol. The van der Waals surface area contributed by atoms with Crippen LogP contribution in [0.5, 0.6) is 0 Å². The van der Waals surface area contributed by atoms with Crippen LogP contribution in [0, 0.1) is 0 Å². The standard InChI is InChI=1S/C24H32N2O2/c1-2-3-4-8-16-26-17-15-25-18-23(26)24(27)28-19-20-11-13-22(14-12-20)21-9-6-5-7-10-21/h5-7,9-14,23,25H,2-4,8,15-19H2,1H3. The Morgan fingerprint density at radius 1 is 1.04 bits per heavy atom. The van der Waals surface area contributed by atoms with E-state index in [1.165, 1.54) is 30.4 Å². The number of unbranched alkanes of at least 4 members (excludes halogenated alkanes) is 3. The maximum absolute atomic E-state index is 12.7. The maximum atomic E-state index is 12.7. The number of carbonyl (C=O) groups excluding carboxylic acids is 1. The first-order valence-corrected chi connectivity index (χ1v) is 10.5. The molecule has 2 aromatic carbocycles. The summed E-state index contributed by atoms with van der Waals surface area (Å²) in [6.07, 6.45) is 4.88. The quantitative estimate of drug-likeness (QED) is 0.522. The number of benzene rings is 2. The third-order valence-corrected chi connectivity index (χ3v) is 5.37. The highest BCUT2D eigenvalue weighted by molar-refractivity contribution is 5.76. The Morgan fingerprint density at radius 2 is 1.79 bits per heavy atom. The van der Waals surface area contributed by atoms with Gasteiger partial charge in [0.1, 0.15) is 12.6 Å². The Kier molecular flexibility index (Phi) is 8.07. The molecule has 0 aromatic heterocycles. The summed E-state index contributed by atoms with van der Waals surface area (Å²) in [5.41, 5.74) is 3.38. The van der Waals surface area contributed by atoms with Crippen LogP contribution in [0.25, 0.3) is 11.1 Å². The van der Waals surface area contributed by atoms with Gasteiger partial charge in [0.25, 0.3) is 0 Å². The average Bonchev–Trinajstić information content (AvgIpc) is 2.76. The third kappa shape index (κ3) is 5.91. The van der Waals surface area contributed by atoms with E-state index in [0.717, 1.165) is 31.6 Å². The average molecular weight is 381 g/mol. The summed E-state index contributed by atoms with van der Waals surface area (Å²) in [5.74, 6) is -0.116. The van der Waals surface area contributed by atoms with E-state index in [-0.39, 0.29) is 12.0 Å². The number of nitrogens with zero attached hydrogens (tertiary/aromatic N) is 1. The van der Waals surface area contributed by atoms with Gasteiger partial charge in [-0.15, -0.1) is 0 Å². The summed E-state index contributed by atoms with van der Waals surface area (Å²) >= 11 is 0. The van der Waals surface area contributed by atoms with Crippen molar-refractivity contribution in [1.82, 2.24) is 10.2 Å². The molecule has 4 heteroatoms. The molecule has 1 heterocycles. The lowest BCUT2D eigenvalue weighted by Gasteiger charge is -2.34. The molecule has 0 bridgehead atoms. The first-order chi connectivity index (χ1) is 13.8. The lowest BCUT2D eigenvalue weighted by atomic mass is 10.0. The molecule has 3 rings (SSSR count). The van der Waals surface area contributed by atoms with E-state index >= 15 is 0 Å². The van der Waals surface area contributed by atoms with Crippen molar-refractivity contribution < 1.29 is 9.53 Å². The summed E-state index contributed by atoms with van der Waals surface area (Å²) in [5, 5.41) is 3.33. The molecule has 0 radical (unpaired) electrons. The smallest absolute Gasteiger partial charge is 0.325 e. The molecule has 0 saturated carbocycles. The number of piperazine rings is 1. The van der Waals surface area contributed by atoms with E-state index in [1.807, 2.05) is 30.3 Å². The van der Waals surface area contributed by atoms with Crippen molar-refractivity contribution in [2.24, 2.45) is 0 Å². The number of esters is 1. The predicted molar refractivity (Wildman–Crippen MR) is 114 cm³/mol. The second-order valence-corrected chi connectivity index (χ2v) is 7.49. The summed E-state index contributed by atoms with van der Waals surface area (Å²) in [6.45, 7) is 6.06. The fourth-order valence-electron chi connectivity index (χ4n) is 3.66. The van der Waals surface area contributed by atoms with Gasteiger partial charge in [-0.2, -0.15) is 0 Å². The van der Waals surface area contributed by atoms with Crippen LogP contribution in [-0.2, 0) is 16.1 Å². The largest absolute Gasteiger partial charge is 0.460 e. The number of carbonyl (C=O) groups is 1. The highest BCUT2D eigenvalue weighted by Crippen LogP contribution is 2.19. The van der Waals surface area contributed by atoms with E-state index in [2.05, 4.69) is 41.4 Å². The van der Waals surface area contributed by atoms with Crippen LogP contribution >= 0.6 is 0 Å². The maximum Gasteiger partial charge on any atom is 0.325 e. The van der Waals surface area contributed by atoms with Crippen LogP contribution in [0.3, 0.4) is 0 Å². The molecule has 28 heavy (non-hydrogen) atoms. The zero-order valence-corrected chi connectivity index (χ0v) is 16.9. The Balaban J connectivity index is 1.50. The number of rotatable bonds is 9. The van der Waals surface area contributed by atoms with Crippen molar-refractivity contribution in [3.63, 3.8) is 0 Å². The molecule has 2 aromatic rings. The van der Waals surface area contributed by atoms with Gasteiger partial charge >= 0.3 is 5.97 Å². The first kappa shape index (κ1) is 20.6. The van der Waals surface area contributed by atoms with Gasteiger partial charge in [-0.05, 0) is 29.7 Å². The van der Waals surface area contributed by atoms with Crippen LogP contribution in [-0.4, -0.2) is 43.1 Å². The van der Waals surface area contributed by atoms with E-state index in [4.69, 9.17) is 4.74 Å². The highest BCUT2D eigenvalue weighted by Gasteiger charge is 2.29. The Labute approximate surface area is 168 Å². The molecule has 1 aliphatic heterocycles. The number of ether oxygens (including phenoxy) is 1. The SMILES string of the molecule is CCCCCCN1CCNCC1C(=O)OCc1ccc(-c2ccccc2)cc1. The second kappa shape index (κ2) is 11.0. The lowest BCUT2D eigenvalue weighted by molar-refractivity contribution is -0.152. The first-order valence-electron chi connectivity index (χ1n) is 10.5. The molecule has 1 fully saturated rings. The minimum absolute atomic E-state index is 0.116. The third-order valence-electron chi connectivity index (χ3n) is 5.37. The zero-order chi connectivity index (χ0) is 19.6. The number of hydrogen-bond donors (Lipinski definition) is 1. The second-order valence-electron chi connectivity index (χ2n) is 7.49. The summed E-state index contributed by atoms with van der Waals surface area (Å²) < 4.78 is 5.65. The van der Waals surface area contributed by atoms with Gasteiger partial charge in [0, 0.05) is 19.6 Å². The van der Waals surface area contributed by atoms with Gasteiger partial charge in [-0.25, -0.2) is 0 Å². The molecular formula is C24H32N2O2. The van der Waals surface area contributed by atoms with Gasteiger partial charge in [0.2, 0.25) is 0 Å². The van der Waals surface area contributed by atoms with Crippen molar-refractivity contribution in [2.75, 3.05) is 26.2 Å². The normalized spacial score (nSPS) is 17.4. The topological polar surface area (TPSA) is 41.6 Å². The van der Waals surface area contributed by atoms with E-state index < -0.39 is 0 Å². The van der Waals surface area contributed by atoms with Crippen molar-refractivity contribution in [3.8, 4) is 11.1 Å². The number of nitrogens with one attached hydrogen (secondary N) is 1. The molecule has 0 amide bonds. The van der Waals surface area contributed by atoms with Gasteiger partial charge in [0.05, 0.1) is 0 Å². The molecule has 0 spiro atoms. The van der Waals surface area contributed by atoms with Gasteiger partial charge in [-0.1, -0.05) is 80.8 Å². The monoisotopic (exact) mass is 380 g/mol. The molecule has 150 valence electrons. The van der Waals surface area contributed by atoms with Crippen molar-refractivity contribution in [3.05, 3.63) is 60.2 Å². The Morgan fingerprint density at radius 3 is 2.54 bits per heavy atom. The Hall–Kier alpha value is -2.17. The Bertz CT molecular complexity index is 715. The highest BCUT2D eigenvalue weighted by atomic mass is 16.5. The minimum Gasteiger partial charge on any atom is -0.460 e. The van der Waals surface area contributed by atoms with Crippen LogP contribution in [0.2, 0.25) is 0 Å². The summed E-state index contributed by atoms with van der Waals surface area (Å²) in [6, 6.07) is 18.4. The van der Waals surface area contributed by atoms with E-state index in [9.17, 15) is 4.79 Å². The molecule has 1 saturated heterocycles. The predicted octanol–water partition coefficient (Wildman–Crippen LogP) is 4.25. The fraction of sp³-hybridized carbons (Fsp3) is 0.458. The molecule has 1 aliphatic rings. The van der Waals surface area contributed by atoms with E-state index in [1.54, 1.807) is 0 Å². The van der Waals surface area contributed by atoms with E-state index in [0.29, 0.717) is 13.2 Å². The lowest BCUT2D eigenvalue weighted by Crippen LogP contribution is -2.55. The zero-order valence-electron chi connectivity index (χ0n) is 16.9. The van der Waals surface area contributed by atoms with Crippen LogP contribution in [0.15, 0.2) is 54.6 Å². The van der Waals surface area contributed by atoms with Crippen molar-refractivity contribution >= 4 is 5.97 Å². The molecule has 0 aliphatic carbocycles. The summed E-state index contributed by atoms with van der Waals surface area (Å²) in [4.78, 5) is 14.9. The van der Waals surface area contributed by atoms with Crippen LogP contribution < -0.4 is 5.32 Å². The number of hydrogen-bond acceptors (Lipinski definition) is 4. The summed E-state index contributed by atoms with van der Waals surface area (Å²) in [7, 11) is 0. The molecule has 1 N–H and O–H groups in total. The minimum atomic E-state index is -0.168. The van der Waals surface area contributed by atoms with Crippen LogP contribution in [0.4, 0.5) is 0 Å². The fourth-order valence-corrected chi connectivity index (χ4v) is 3.66. The van der Waals surface area contributed by atoms with Crippen molar-refractivity contribution in [2.45, 2.75) is 45.3 Å². The van der Waals surface area contributed by atoms with Crippen LogP contribution in [0.1, 0.15) is 38.2 Å². The van der Waals surface area contributed by atoms with Gasteiger partial charge < -0.3 is 10.1 Å². The van der Waals surface area contributed by atoms with Gasteiger partial charge in [0.15, 0.2) is 0 Å². The van der Waals surface area contributed by atoms with Gasteiger partial charge in [-0.3, -0.25) is 9.69 Å². The molecule has 1 atom stereocenters. The van der Waals surface area contributed by atoms with Crippen molar-refractivity contribution in [1.29, 1.82) is 0 Å². The molecule has 1 unspecified atom stereocenters. The molecule has 4 nitrogen and oxygen atoms in total.